The summed E-state index contributed by atoms with van der Waals surface area (Å²) >= 11 is 0. The van der Waals surface area contributed by atoms with E-state index in [0.717, 1.165) is 44.1 Å². The van der Waals surface area contributed by atoms with E-state index in [1.807, 2.05) is 33.0 Å². The van der Waals surface area contributed by atoms with Gasteiger partial charge >= 0.3 is 11.9 Å². The van der Waals surface area contributed by atoms with Crippen molar-refractivity contribution < 1.29 is 32.0 Å². The predicted octanol–water partition coefficient (Wildman–Crippen LogP) is 6.17. The summed E-state index contributed by atoms with van der Waals surface area (Å²) in [5.74, 6) is -0.582. The van der Waals surface area contributed by atoms with Gasteiger partial charge in [0.25, 0.3) is 10.1 Å². The van der Waals surface area contributed by atoms with Crippen molar-refractivity contribution in [1.29, 1.82) is 0 Å². The molecule has 3 aliphatic rings. The average Bonchev–Trinajstić information content (AvgIpc) is 3.19. The number of aromatic nitrogens is 1. The molecule has 0 unspecified atom stereocenters. The Morgan fingerprint density at radius 1 is 1.10 bits per heavy atom. The van der Waals surface area contributed by atoms with Crippen LogP contribution in [0.5, 0.6) is 0 Å². The number of hydrogen-bond donors (Lipinski definition) is 1. The Labute approximate surface area is 252 Å². The molecule has 9 heteroatoms. The van der Waals surface area contributed by atoms with Crippen molar-refractivity contribution in [2.75, 3.05) is 12.9 Å². The number of carbonyl (C=O) groups is 2. The van der Waals surface area contributed by atoms with Gasteiger partial charge in [-0.1, -0.05) is 19.9 Å². The molecule has 1 N–H and O–H groups in total. The summed E-state index contributed by atoms with van der Waals surface area (Å²) in [6.45, 7) is 13.8. The van der Waals surface area contributed by atoms with Crippen molar-refractivity contribution in [3.8, 4) is 0 Å². The molecule has 0 aromatic carbocycles. The maximum absolute atomic E-state index is 12.8. The molecule has 236 valence electrons. The Bertz CT molecular complexity index is 1290. The number of hydrogen-bond acceptors (Lipinski definition) is 7. The second-order valence-electron chi connectivity index (χ2n) is 15.5. The van der Waals surface area contributed by atoms with Crippen molar-refractivity contribution in [1.82, 2.24) is 4.98 Å². The molecule has 1 aromatic heterocycles. The van der Waals surface area contributed by atoms with E-state index in [4.69, 9.17) is 13.9 Å². The molecule has 7 atom stereocenters. The molecule has 42 heavy (non-hydrogen) atoms. The largest absolute Gasteiger partial charge is 0.481 e. The summed E-state index contributed by atoms with van der Waals surface area (Å²) in [6.07, 6.45) is 8.87. The van der Waals surface area contributed by atoms with Crippen molar-refractivity contribution in [3.05, 3.63) is 29.6 Å². The van der Waals surface area contributed by atoms with Crippen LogP contribution in [0, 0.1) is 39.9 Å². The highest BCUT2D eigenvalue weighted by atomic mass is 32.2. The molecule has 3 aliphatic carbocycles. The molecule has 0 aliphatic heterocycles. The standard InChI is InChI=1S/C33H51NO7S/c1-30(2,3)29(37)41-23-12-15-32(6,22(19-23)11-14-31(4,5)28(35)36)25-13-16-33(7)26(24(25)20-40-42(8,38)39)18-21-10-9-17-34-27(21)33/h9-10,17,22-26H,11-16,18-20H2,1-8H3,(H,35,36)/t22-,23-,24+,25-,26-,32+,33-/m0/s1. The number of carboxylic acid groups (broad SMARTS) is 1. The number of esters is 1. The van der Waals surface area contributed by atoms with E-state index in [-0.39, 0.29) is 53.2 Å². The van der Waals surface area contributed by atoms with Gasteiger partial charge in [-0.3, -0.25) is 18.8 Å². The minimum absolute atomic E-state index is 0.0127. The van der Waals surface area contributed by atoms with Crippen molar-refractivity contribution >= 4 is 22.1 Å². The van der Waals surface area contributed by atoms with Gasteiger partial charge in [0.1, 0.15) is 6.10 Å². The molecule has 1 aromatic rings. The van der Waals surface area contributed by atoms with Crippen LogP contribution in [-0.2, 0) is 40.5 Å². The zero-order valence-corrected chi connectivity index (χ0v) is 27.6. The van der Waals surface area contributed by atoms with E-state index >= 15 is 0 Å². The molecular formula is C33H51NO7S. The summed E-state index contributed by atoms with van der Waals surface area (Å²) in [4.78, 5) is 29.7. The fraction of sp³-hybridized carbons (Fsp3) is 0.788. The molecule has 8 nitrogen and oxygen atoms in total. The molecule has 0 radical (unpaired) electrons. The summed E-state index contributed by atoms with van der Waals surface area (Å²) in [6, 6.07) is 4.11. The van der Waals surface area contributed by atoms with Crippen molar-refractivity contribution in [2.24, 2.45) is 39.9 Å². The van der Waals surface area contributed by atoms with Gasteiger partial charge in [-0.15, -0.1) is 0 Å². The van der Waals surface area contributed by atoms with E-state index in [0.29, 0.717) is 19.3 Å². The molecule has 0 spiro atoms. The van der Waals surface area contributed by atoms with E-state index in [2.05, 4.69) is 19.9 Å². The number of nitrogens with zero attached hydrogens (tertiary/aromatic N) is 1. The second kappa shape index (κ2) is 11.5. The highest BCUT2D eigenvalue weighted by Gasteiger charge is 2.58. The molecule has 1 heterocycles. The van der Waals surface area contributed by atoms with Crippen molar-refractivity contribution in [2.45, 2.75) is 111 Å². The van der Waals surface area contributed by atoms with Crippen LogP contribution in [0.15, 0.2) is 18.3 Å². The minimum atomic E-state index is -3.64. The summed E-state index contributed by atoms with van der Waals surface area (Å²) < 4.78 is 36.1. The molecule has 0 bridgehead atoms. The fourth-order valence-electron chi connectivity index (χ4n) is 8.28. The Kier molecular flexibility index (Phi) is 9.00. The zero-order valence-electron chi connectivity index (χ0n) is 26.7. The third kappa shape index (κ3) is 6.57. The van der Waals surface area contributed by atoms with E-state index in [9.17, 15) is 23.1 Å². The molecule has 0 saturated heterocycles. The molecule has 0 amide bonds. The Hall–Kier alpha value is -2.00. The first kappa shape index (κ1) is 32.9. The lowest BCUT2D eigenvalue weighted by Gasteiger charge is -2.57. The van der Waals surface area contributed by atoms with E-state index < -0.39 is 26.9 Å². The lowest BCUT2D eigenvalue weighted by molar-refractivity contribution is -0.166. The summed E-state index contributed by atoms with van der Waals surface area (Å²) in [7, 11) is -3.64. The van der Waals surface area contributed by atoms with Crippen LogP contribution in [0.1, 0.15) is 105 Å². The first-order valence-corrected chi connectivity index (χ1v) is 17.3. The van der Waals surface area contributed by atoms with Crippen LogP contribution in [0.3, 0.4) is 0 Å². The van der Waals surface area contributed by atoms with Gasteiger partial charge in [-0.25, -0.2) is 0 Å². The monoisotopic (exact) mass is 605 g/mol. The molecule has 2 saturated carbocycles. The van der Waals surface area contributed by atoms with Crippen molar-refractivity contribution in [3.63, 3.8) is 0 Å². The van der Waals surface area contributed by atoms with Gasteiger partial charge in [0, 0.05) is 17.3 Å². The minimum Gasteiger partial charge on any atom is -0.481 e. The van der Waals surface area contributed by atoms with E-state index in [1.54, 1.807) is 13.8 Å². The average molecular weight is 606 g/mol. The van der Waals surface area contributed by atoms with Crippen LogP contribution < -0.4 is 0 Å². The third-order valence-electron chi connectivity index (χ3n) is 11.1. The second-order valence-corrected chi connectivity index (χ2v) is 17.2. The number of rotatable bonds is 9. The van der Waals surface area contributed by atoms with E-state index in [1.165, 1.54) is 5.56 Å². The van der Waals surface area contributed by atoms with Gasteiger partial charge in [0.05, 0.1) is 23.7 Å². The molecular weight excluding hydrogens is 554 g/mol. The predicted molar refractivity (Wildman–Crippen MR) is 161 cm³/mol. The summed E-state index contributed by atoms with van der Waals surface area (Å²) in [5.41, 5.74) is 0.523. The highest BCUT2D eigenvalue weighted by Crippen LogP contribution is 2.62. The maximum Gasteiger partial charge on any atom is 0.311 e. The lowest BCUT2D eigenvalue weighted by Crippen LogP contribution is -2.53. The number of ether oxygens (including phenoxy) is 1. The molecule has 2 fully saturated rings. The first-order valence-electron chi connectivity index (χ1n) is 15.5. The number of fused-ring (bicyclic) bond motifs is 3. The normalized spacial score (nSPS) is 33.5. The Morgan fingerprint density at radius 3 is 2.40 bits per heavy atom. The quantitative estimate of drug-likeness (QED) is 0.262. The fourth-order valence-corrected chi connectivity index (χ4v) is 8.68. The zero-order chi connectivity index (χ0) is 31.3. The first-order chi connectivity index (χ1) is 19.3. The van der Waals surface area contributed by atoms with Gasteiger partial charge in [-0.2, -0.15) is 8.42 Å². The molecule has 4 rings (SSSR count). The number of pyridine rings is 1. The van der Waals surface area contributed by atoms with Gasteiger partial charge < -0.3 is 9.84 Å². The maximum atomic E-state index is 12.8. The van der Waals surface area contributed by atoms with Crippen LogP contribution in [0.2, 0.25) is 0 Å². The SMILES string of the molecule is CC(C)(C)C(=O)O[C@H]1CC[C@@](C)([C@H]2CC[C@]3(C)c4ncccc4C[C@H]3[C@@H]2COS(C)(=O)=O)[C@@H](CCC(C)(C)C(=O)O)C1. The Balaban J connectivity index is 1.69. The summed E-state index contributed by atoms with van der Waals surface area (Å²) in [5, 5.41) is 9.87. The smallest absolute Gasteiger partial charge is 0.311 e. The topological polar surface area (TPSA) is 120 Å². The lowest BCUT2D eigenvalue weighted by atomic mass is 9.49. The number of aliphatic carboxylic acids is 1. The number of carboxylic acids is 1. The van der Waals surface area contributed by atoms with Crippen LogP contribution in [-0.4, -0.2) is 49.4 Å². The Morgan fingerprint density at radius 2 is 1.79 bits per heavy atom. The van der Waals surface area contributed by atoms with Gasteiger partial charge in [0.2, 0.25) is 0 Å². The van der Waals surface area contributed by atoms with Crippen LogP contribution >= 0.6 is 0 Å². The van der Waals surface area contributed by atoms with Crippen LogP contribution in [0.25, 0.3) is 0 Å². The third-order valence-corrected chi connectivity index (χ3v) is 11.7. The van der Waals surface area contributed by atoms with Gasteiger partial charge in [0.15, 0.2) is 0 Å². The van der Waals surface area contributed by atoms with Crippen LogP contribution in [0.4, 0.5) is 0 Å². The van der Waals surface area contributed by atoms with Gasteiger partial charge in [-0.05, 0) is 127 Å². The number of carbonyl (C=O) groups excluding carboxylic acids is 1. The highest BCUT2D eigenvalue weighted by molar-refractivity contribution is 7.85.